The van der Waals surface area contributed by atoms with Crippen LogP contribution < -0.4 is 5.73 Å². The summed E-state index contributed by atoms with van der Waals surface area (Å²) in [4.78, 5) is 14.2. The van der Waals surface area contributed by atoms with E-state index < -0.39 is 6.04 Å². The SMILES string of the molecule is COCCCOC1CCN(C(=O)[C@@H](N)C(C)(C)C)CC1.Cl. The number of carbonyl (C=O) groups is 1. The summed E-state index contributed by atoms with van der Waals surface area (Å²) in [7, 11) is 1.70. The van der Waals surface area contributed by atoms with Crippen LogP contribution in [-0.2, 0) is 14.3 Å². The monoisotopic (exact) mass is 322 g/mol. The number of methoxy groups -OCH3 is 1. The molecule has 2 N–H and O–H groups in total. The molecule has 6 heteroatoms. The molecule has 5 nitrogen and oxygen atoms in total. The van der Waals surface area contributed by atoms with Crippen molar-refractivity contribution in [3.8, 4) is 0 Å². The van der Waals surface area contributed by atoms with Gasteiger partial charge in [0.1, 0.15) is 0 Å². The van der Waals surface area contributed by atoms with Gasteiger partial charge in [0.15, 0.2) is 0 Å². The summed E-state index contributed by atoms with van der Waals surface area (Å²) in [6, 6.07) is -0.429. The Morgan fingerprint density at radius 2 is 1.86 bits per heavy atom. The van der Waals surface area contributed by atoms with Gasteiger partial charge in [-0.1, -0.05) is 20.8 Å². The molecular weight excluding hydrogens is 292 g/mol. The second kappa shape index (κ2) is 9.62. The van der Waals surface area contributed by atoms with E-state index in [1.165, 1.54) is 0 Å². The van der Waals surface area contributed by atoms with Gasteiger partial charge in [0, 0.05) is 33.4 Å². The highest BCUT2D eigenvalue weighted by atomic mass is 35.5. The van der Waals surface area contributed by atoms with E-state index in [1.54, 1.807) is 7.11 Å². The average molecular weight is 323 g/mol. The van der Waals surface area contributed by atoms with E-state index in [0.29, 0.717) is 0 Å². The Morgan fingerprint density at radius 1 is 1.29 bits per heavy atom. The number of hydrogen-bond acceptors (Lipinski definition) is 4. The summed E-state index contributed by atoms with van der Waals surface area (Å²) in [6.45, 7) is 8.96. The normalized spacial score (nSPS) is 18.2. The van der Waals surface area contributed by atoms with Crippen molar-refractivity contribution < 1.29 is 14.3 Å². The molecule has 0 spiro atoms. The number of hydrogen-bond donors (Lipinski definition) is 1. The van der Waals surface area contributed by atoms with E-state index >= 15 is 0 Å². The quantitative estimate of drug-likeness (QED) is 0.758. The summed E-state index contributed by atoms with van der Waals surface area (Å²) in [5.41, 5.74) is 5.85. The molecule has 1 aliphatic heterocycles. The first kappa shape index (κ1) is 20.6. The molecule has 1 fully saturated rings. The lowest BCUT2D eigenvalue weighted by atomic mass is 9.86. The summed E-state index contributed by atoms with van der Waals surface area (Å²) >= 11 is 0. The number of piperidine rings is 1. The summed E-state index contributed by atoms with van der Waals surface area (Å²) < 4.78 is 10.8. The first-order valence-electron chi connectivity index (χ1n) is 7.51. The number of nitrogens with zero attached hydrogens (tertiary/aromatic N) is 1. The Hall–Kier alpha value is -0.360. The molecule has 0 radical (unpaired) electrons. The zero-order valence-electron chi connectivity index (χ0n) is 13.8. The highest BCUT2D eigenvalue weighted by molar-refractivity contribution is 5.85. The van der Waals surface area contributed by atoms with Crippen LogP contribution in [0, 0.1) is 5.41 Å². The van der Waals surface area contributed by atoms with E-state index in [1.807, 2.05) is 25.7 Å². The van der Waals surface area contributed by atoms with Crippen molar-refractivity contribution in [3.05, 3.63) is 0 Å². The van der Waals surface area contributed by atoms with Crippen molar-refractivity contribution in [2.24, 2.45) is 11.1 Å². The molecule has 0 unspecified atom stereocenters. The van der Waals surface area contributed by atoms with Gasteiger partial charge in [0.2, 0.25) is 5.91 Å². The Balaban J connectivity index is 0.00000400. The minimum Gasteiger partial charge on any atom is -0.385 e. The fourth-order valence-corrected chi connectivity index (χ4v) is 2.26. The Morgan fingerprint density at radius 3 is 2.33 bits per heavy atom. The number of rotatable bonds is 6. The summed E-state index contributed by atoms with van der Waals surface area (Å²) in [6.07, 6.45) is 2.98. The topological polar surface area (TPSA) is 64.8 Å². The Labute approximate surface area is 134 Å². The van der Waals surface area contributed by atoms with Gasteiger partial charge in [0.05, 0.1) is 12.1 Å². The lowest BCUT2D eigenvalue weighted by Gasteiger charge is -2.36. The molecular formula is C15H31ClN2O3. The molecule has 1 aliphatic rings. The third-order valence-electron chi connectivity index (χ3n) is 3.80. The average Bonchev–Trinajstić information content (AvgIpc) is 2.41. The Kier molecular flexibility index (Phi) is 9.45. The first-order valence-corrected chi connectivity index (χ1v) is 7.51. The molecule has 0 aromatic carbocycles. The number of ether oxygens (including phenoxy) is 2. The van der Waals surface area contributed by atoms with E-state index in [2.05, 4.69) is 0 Å². The van der Waals surface area contributed by atoms with Crippen LogP contribution in [0.2, 0.25) is 0 Å². The van der Waals surface area contributed by atoms with Gasteiger partial charge >= 0.3 is 0 Å². The molecule has 21 heavy (non-hydrogen) atoms. The van der Waals surface area contributed by atoms with Crippen molar-refractivity contribution in [1.82, 2.24) is 4.90 Å². The maximum absolute atomic E-state index is 12.3. The second-order valence-electron chi connectivity index (χ2n) is 6.59. The van der Waals surface area contributed by atoms with Gasteiger partial charge in [-0.2, -0.15) is 0 Å². The van der Waals surface area contributed by atoms with Crippen LogP contribution in [0.1, 0.15) is 40.0 Å². The minimum atomic E-state index is -0.429. The van der Waals surface area contributed by atoms with Gasteiger partial charge in [-0.3, -0.25) is 4.79 Å². The van der Waals surface area contributed by atoms with Crippen molar-refractivity contribution in [2.75, 3.05) is 33.4 Å². The lowest BCUT2D eigenvalue weighted by molar-refractivity contribution is -0.137. The lowest BCUT2D eigenvalue weighted by Crippen LogP contribution is -2.53. The molecule has 1 rings (SSSR count). The molecule has 1 atom stereocenters. The van der Waals surface area contributed by atoms with E-state index in [9.17, 15) is 4.79 Å². The number of amides is 1. The largest absolute Gasteiger partial charge is 0.385 e. The van der Waals surface area contributed by atoms with Crippen molar-refractivity contribution >= 4 is 18.3 Å². The maximum atomic E-state index is 12.3. The zero-order valence-corrected chi connectivity index (χ0v) is 14.6. The predicted molar refractivity (Wildman–Crippen MR) is 86.7 cm³/mol. The molecule has 0 aromatic rings. The summed E-state index contributed by atoms with van der Waals surface area (Å²) in [5.74, 6) is 0.0651. The van der Waals surface area contributed by atoms with E-state index in [-0.39, 0.29) is 29.8 Å². The third kappa shape index (κ3) is 6.96. The molecule has 0 aromatic heterocycles. The van der Waals surface area contributed by atoms with Gasteiger partial charge in [-0.15, -0.1) is 12.4 Å². The molecule has 1 heterocycles. The molecule has 0 bridgehead atoms. The van der Waals surface area contributed by atoms with Crippen molar-refractivity contribution in [3.63, 3.8) is 0 Å². The highest BCUT2D eigenvalue weighted by Gasteiger charge is 2.32. The fraction of sp³-hybridized carbons (Fsp3) is 0.933. The van der Waals surface area contributed by atoms with Crippen LogP contribution in [0.4, 0.5) is 0 Å². The Bertz CT molecular complexity index is 300. The third-order valence-corrected chi connectivity index (χ3v) is 3.80. The van der Waals surface area contributed by atoms with Gasteiger partial charge < -0.3 is 20.1 Å². The van der Waals surface area contributed by atoms with Gasteiger partial charge in [-0.05, 0) is 24.7 Å². The minimum absolute atomic E-state index is 0. The fourth-order valence-electron chi connectivity index (χ4n) is 2.26. The van der Waals surface area contributed by atoms with Crippen molar-refractivity contribution in [2.45, 2.75) is 52.2 Å². The highest BCUT2D eigenvalue weighted by Crippen LogP contribution is 2.21. The van der Waals surface area contributed by atoms with Crippen LogP contribution in [0.3, 0.4) is 0 Å². The maximum Gasteiger partial charge on any atom is 0.240 e. The van der Waals surface area contributed by atoms with Crippen LogP contribution in [0.5, 0.6) is 0 Å². The van der Waals surface area contributed by atoms with Crippen LogP contribution >= 0.6 is 12.4 Å². The molecule has 126 valence electrons. The first-order chi connectivity index (χ1) is 9.36. The number of nitrogens with two attached hydrogens (primary N) is 1. The van der Waals surface area contributed by atoms with Crippen LogP contribution in [-0.4, -0.2) is 56.4 Å². The van der Waals surface area contributed by atoms with Gasteiger partial charge in [-0.25, -0.2) is 0 Å². The molecule has 0 aliphatic carbocycles. The standard InChI is InChI=1S/C15H30N2O3.ClH/c1-15(2,3)13(16)14(18)17-8-6-12(7-9-17)20-11-5-10-19-4;/h12-13H,5-11,16H2,1-4H3;1H/t13-;/m1./s1. The number of carbonyl (C=O) groups excluding carboxylic acids is 1. The number of likely N-dealkylation sites (tertiary alicyclic amines) is 1. The van der Waals surface area contributed by atoms with Crippen LogP contribution in [0.25, 0.3) is 0 Å². The second-order valence-corrected chi connectivity index (χ2v) is 6.59. The van der Waals surface area contributed by atoms with Gasteiger partial charge in [0.25, 0.3) is 0 Å². The molecule has 1 saturated heterocycles. The molecule has 1 amide bonds. The zero-order chi connectivity index (χ0) is 15.2. The molecule has 0 saturated carbocycles. The number of halogens is 1. The van der Waals surface area contributed by atoms with Crippen molar-refractivity contribution in [1.29, 1.82) is 0 Å². The smallest absolute Gasteiger partial charge is 0.240 e. The van der Waals surface area contributed by atoms with E-state index in [0.717, 1.165) is 45.6 Å². The predicted octanol–water partition coefficient (Wildman–Crippen LogP) is 1.83. The van der Waals surface area contributed by atoms with E-state index in [4.69, 9.17) is 15.2 Å². The summed E-state index contributed by atoms with van der Waals surface area (Å²) in [5, 5.41) is 0. The van der Waals surface area contributed by atoms with Crippen LogP contribution in [0.15, 0.2) is 0 Å².